The van der Waals surface area contributed by atoms with Gasteiger partial charge in [0.25, 0.3) is 5.91 Å². The molecular weight excluding hydrogens is 384 g/mol. The molecule has 1 aromatic heterocycles. The number of carbonyl (C=O) groups excluding carboxylic acids is 2. The molecule has 1 N–H and O–H groups in total. The molecule has 4 rings (SSSR count). The molecule has 7 nitrogen and oxygen atoms in total. The maximum absolute atomic E-state index is 12.3. The van der Waals surface area contributed by atoms with Crippen molar-refractivity contribution in [1.29, 1.82) is 0 Å². The lowest BCUT2D eigenvalue weighted by molar-refractivity contribution is -0.117. The van der Waals surface area contributed by atoms with Crippen LogP contribution in [0.5, 0.6) is 11.5 Å². The van der Waals surface area contributed by atoms with Gasteiger partial charge in [-0.25, -0.2) is 0 Å². The number of likely N-dealkylation sites (tertiary alicyclic amines) is 1. The second-order valence-electron chi connectivity index (χ2n) is 6.62. The highest BCUT2D eigenvalue weighted by Crippen LogP contribution is 2.40. The summed E-state index contributed by atoms with van der Waals surface area (Å²) >= 11 is 6.14. The van der Waals surface area contributed by atoms with Crippen molar-refractivity contribution >= 4 is 29.5 Å². The number of hydrogen-bond donors (Lipinski definition) is 1. The lowest BCUT2D eigenvalue weighted by Gasteiger charge is -2.31. The third kappa shape index (κ3) is 3.99. The first-order valence-corrected chi connectivity index (χ1v) is 9.38. The van der Waals surface area contributed by atoms with Crippen molar-refractivity contribution in [3.05, 3.63) is 53.0 Å². The van der Waals surface area contributed by atoms with Crippen LogP contribution in [0, 0.1) is 0 Å². The number of halogens is 1. The number of ether oxygens (including phenoxy) is 2. The lowest BCUT2D eigenvalue weighted by atomic mass is 10.0. The minimum atomic E-state index is -0.190. The molecule has 1 aromatic carbocycles. The van der Waals surface area contributed by atoms with Crippen LogP contribution < -0.4 is 14.8 Å². The Bertz CT molecular complexity index is 902. The van der Waals surface area contributed by atoms with Crippen LogP contribution in [-0.2, 0) is 4.79 Å². The predicted octanol–water partition coefficient (Wildman–Crippen LogP) is 3.10. The second kappa shape index (κ2) is 7.98. The molecule has 0 unspecified atom stereocenters. The predicted molar refractivity (Wildman–Crippen MR) is 102 cm³/mol. The number of piperidine rings is 1. The topological polar surface area (TPSA) is 81.0 Å². The summed E-state index contributed by atoms with van der Waals surface area (Å²) in [6.07, 6.45) is 6.02. The fourth-order valence-corrected chi connectivity index (χ4v) is 3.56. The first kappa shape index (κ1) is 18.4. The number of rotatable bonds is 4. The van der Waals surface area contributed by atoms with E-state index < -0.39 is 0 Å². The van der Waals surface area contributed by atoms with Gasteiger partial charge in [-0.1, -0.05) is 11.6 Å². The molecule has 146 valence electrons. The second-order valence-corrected chi connectivity index (χ2v) is 7.03. The van der Waals surface area contributed by atoms with E-state index in [-0.39, 0.29) is 24.6 Å². The minimum absolute atomic E-state index is 0.0261. The number of hydrogen-bond acceptors (Lipinski definition) is 5. The van der Waals surface area contributed by atoms with Crippen molar-refractivity contribution in [2.45, 2.75) is 18.9 Å². The molecule has 0 bridgehead atoms. The van der Waals surface area contributed by atoms with Gasteiger partial charge in [-0.05, 0) is 48.7 Å². The Hall–Kier alpha value is -2.93. The van der Waals surface area contributed by atoms with Crippen molar-refractivity contribution < 1.29 is 23.5 Å². The summed E-state index contributed by atoms with van der Waals surface area (Å²) < 4.78 is 15.7. The molecule has 2 amide bonds. The summed E-state index contributed by atoms with van der Waals surface area (Å²) in [6.45, 7) is 1.29. The van der Waals surface area contributed by atoms with E-state index in [0.29, 0.717) is 48.2 Å². The Kier molecular flexibility index (Phi) is 5.25. The van der Waals surface area contributed by atoms with E-state index >= 15 is 0 Å². The quantitative estimate of drug-likeness (QED) is 0.795. The van der Waals surface area contributed by atoms with Crippen LogP contribution in [-0.4, -0.2) is 42.6 Å². The molecule has 3 heterocycles. The molecule has 2 aliphatic heterocycles. The van der Waals surface area contributed by atoms with Crippen molar-refractivity contribution in [2.24, 2.45) is 0 Å². The highest BCUT2D eigenvalue weighted by molar-refractivity contribution is 6.32. The molecule has 0 spiro atoms. The van der Waals surface area contributed by atoms with Crippen molar-refractivity contribution in [2.75, 3.05) is 19.9 Å². The summed E-state index contributed by atoms with van der Waals surface area (Å²) in [5.74, 6) is 1.13. The van der Waals surface area contributed by atoms with Gasteiger partial charge >= 0.3 is 0 Å². The van der Waals surface area contributed by atoms with E-state index in [1.807, 2.05) is 0 Å². The Morgan fingerprint density at radius 1 is 1.21 bits per heavy atom. The molecular formula is C20H19ClN2O5. The molecule has 1 fully saturated rings. The zero-order valence-corrected chi connectivity index (χ0v) is 15.8. The van der Waals surface area contributed by atoms with Gasteiger partial charge in [0.1, 0.15) is 0 Å². The molecule has 2 aromatic rings. The van der Waals surface area contributed by atoms with Crippen LogP contribution in [0.3, 0.4) is 0 Å². The molecule has 28 heavy (non-hydrogen) atoms. The van der Waals surface area contributed by atoms with Gasteiger partial charge in [-0.15, -0.1) is 0 Å². The Morgan fingerprint density at radius 2 is 2.04 bits per heavy atom. The third-order valence-electron chi connectivity index (χ3n) is 4.74. The van der Waals surface area contributed by atoms with Gasteiger partial charge < -0.3 is 24.1 Å². The molecule has 0 radical (unpaired) electrons. The maximum Gasteiger partial charge on any atom is 0.289 e. The monoisotopic (exact) mass is 402 g/mol. The standard InChI is InChI=1S/C20H19ClN2O5/c21-15-10-13(11-17-19(15)28-12-27-17)3-4-18(24)22-14-5-7-23(8-6-14)20(25)16-2-1-9-26-16/h1-4,9-11,14H,5-8,12H2,(H,22,24)/b4-3+. The van der Waals surface area contributed by atoms with E-state index in [1.54, 1.807) is 35.2 Å². The number of amides is 2. The average Bonchev–Trinajstić information content (AvgIpc) is 3.38. The zero-order chi connectivity index (χ0) is 19.5. The fraction of sp³-hybridized carbons (Fsp3) is 0.300. The smallest absolute Gasteiger partial charge is 0.289 e. The Labute approximate surface area is 166 Å². The van der Waals surface area contributed by atoms with Crippen LogP contribution in [0.1, 0.15) is 29.0 Å². The maximum atomic E-state index is 12.3. The minimum Gasteiger partial charge on any atom is -0.459 e. The van der Waals surface area contributed by atoms with E-state index in [1.165, 1.54) is 12.3 Å². The molecule has 2 aliphatic rings. The number of nitrogens with one attached hydrogen (secondary N) is 1. The van der Waals surface area contributed by atoms with Crippen LogP contribution in [0.25, 0.3) is 6.08 Å². The van der Waals surface area contributed by atoms with E-state index in [4.69, 9.17) is 25.5 Å². The van der Waals surface area contributed by atoms with Crippen LogP contribution >= 0.6 is 11.6 Å². The number of furan rings is 1. The van der Waals surface area contributed by atoms with Gasteiger partial charge in [0.2, 0.25) is 12.7 Å². The van der Waals surface area contributed by atoms with E-state index in [0.717, 1.165) is 5.56 Å². The number of carbonyl (C=O) groups is 2. The Morgan fingerprint density at radius 3 is 2.79 bits per heavy atom. The van der Waals surface area contributed by atoms with Crippen LogP contribution in [0.2, 0.25) is 5.02 Å². The van der Waals surface area contributed by atoms with Crippen LogP contribution in [0.4, 0.5) is 0 Å². The Balaban J connectivity index is 1.29. The molecule has 1 saturated heterocycles. The normalized spacial score (nSPS) is 16.5. The molecule has 0 atom stereocenters. The van der Waals surface area contributed by atoms with Crippen LogP contribution in [0.15, 0.2) is 41.0 Å². The highest BCUT2D eigenvalue weighted by atomic mass is 35.5. The summed E-state index contributed by atoms with van der Waals surface area (Å²) in [5, 5.41) is 3.42. The summed E-state index contributed by atoms with van der Waals surface area (Å²) in [5.41, 5.74) is 0.753. The van der Waals surface area contributed by atoms with Gasteiger partial charge in [0.05, 0.1) is 11.3 Å². The highest BCUT2D eigenvalue weighted by Gasteiger charge is 2.25. The first-order valence-electron chi connectivity index (χ1n) is 9.00. The zero-order valence-electron chi connectivity index (χ0n) is 15.0. The fourth-order valence-electron chi connectivity index (χ4n) is 3.29. The SMILES string of the molecule is O=C(/C=C/c1cc(Cl)c2c(c1)OCO2)NC1CCN(C(=O)c2ccco2)CC1. The van der Waals surface area contributed by atoms with Gasteiger partial charge in [-0.2, -0.15) is 0 Å². The average molecular weight is 403 g/mol. The van der Waals surface area contributed by atoms with Crippen molar-refractivity contribution in [3.63, 3.8) is 0 Å². The van der Waals surface area contributed by atoms with Crippen molar-refractivity contribution in [1.82, 2.24) is 10.2 Å². The van der Waals surface area contributed by atoms with Gasteiger partial charge in [0.15, 0.2) is 17.3 Å². The van der Waals surface area contributed by atoms with E-state index in [2.05, 4.69) is 5.32 Å². The van der Waals surface area contributed by atoms with Crippen molar-refractivity contribution in [3.8, 4) is 11.5 Å². The summed E-state index contributed by atoms with van der Waals surface area (Å²) in [6, 6.07) is 6.87. The largest absolute Gasteiger partial charge is 0.459 e. The first-order chi connectivity index (χ1) is 13.6. The summed E-state index contributed by atoms with van der Waals surface area (Å²) in [4.78, 5) is 26.2. The van der Waals surface area contributed by atoms with E-state index in [9.17, 15) is 9.59 Å². The van der Waals surface area contributed by atoms with Gasteiger partial charge in [0, 0.05) is 25.2 Å². The molecule has 8 heteroatoms. The number of benzene rings is 1. The lowest BCUT2D eigenvalue weighted by Crippen LogP contribution is -2.46. The third-order valence-corrected chi connectivity index (χ3v) is 5.02. The number of nitrogens with zero attached hydrogens (tertiary/aromatic N) is 1. The molecule has 0 saturated carbocycles. The number of fused-ring (bicyclic) bond motifs is 1. The summed E-state index contributed by atoms with van der Waals surface area (Å²) in [7, 11) is 0. The molecule has 0 aliphatic carbocycles. The van der Waals surface area contributed by atoms with Gasteiger partial charge in [-0.3, -0.25) is 9.59 Å².